The Morgan fingerprint density at radius 1 is 1.26 bits per heavy atom. The van der Waals surface area contributed by atoms with E-state index in [9.17, 15) is 4.39 Å². The van der Waals surface area contributed by atoms with Crippen LogP contribution in [0.4, 0.5) is 4.39 Å². The molecule has 1 aromatic rings. The summed E-state index contributed by atoms with van der Waals surface area (Å²) in [6.07, 6.45) is 4.49. The van der Waals surface area contributed by atoms with Crippen molar-refractivity contribution in [2.45, 2.75) is 50.2 Å². The molecule has 6 heteroatoms. The van der Waals surface area contributed by atoms with Crippen LogP contribution in [-0.4, -0.2) is 62.5 Å². The second kappa shape index (κ2) is 8.15. The molecule has 0 radical (unpaired) electrons. The molecule has 3 fully saturated rings. The molecular formula is C21H30FN3O2. The van der Waals surface area contributed by atoms with Gasteiger partial charge in [0.05, 0.1) is 19.3 Å². The summed E-state index contributed by atoms with van der Waals surface area (Å²) in [6.45, 7) is 6.66. The monoisotopic (exact) mass is 375 g/mol. The SMILES string of the molecule is CCNC(=NCC1(c2ccccc2F)CC1)N1CCOC(C2CCCO2)C1. The lowest BCUT2D eigenvalue weighted by atomic mass is 9.95. The van der Waals surface area contributed by atoms with E-state index in [-0.39, 0.29) is 23.4 Å². The van der Waals surface area contributed by atoms with Crippen molar-refractivity contribution in [3.05, 3.63) is 35.6 Å². The van der Waals surface area contributed by atoms with Gasteiger partial charge in [0.2, 0.25) is 0 Å². The van der Waals surface area contributed by atoms with Gasteiger partial charge in [-0.25, -0.2) is 4.39 Å². The maximum Gasteiger partial charge on any atom is 0.194 e. The van der Waals surface area contributed by atoms with Crippen LogP contribution in [0.2, 0.25) is 0 Å². The number of hydrogen-bond donors (Lipinski definition) is 1. The molecule has 148 valence electrons. The van der Waals surface area contributed by atoms with Crippen LogP contribution in [0.15, 0.2) is 29.3 Å². The number of hydrogen-bond acceptors (Lipinski definition) is 3. The Morgan fingerprint density at radius 2 is 2.07 bits per heavy atom. The molecule has 2 heterocycles. The molecule has 0 aromatic heterocycles. The molecule has 4 rings (SSSR count). The Kier molecular flexibility index (Phi) is 5.64. The number of halogens is 1. The molecule has 1 aromatic carbocycles. The normalized spacial score (nSPS) is 27.6. The first-order valence-electron chi connectivity index (χ1n) is 10.2. The van der Waals surface area contributed by atoms with E-state index >= 15 is 0 Å². The van der Waals surface area contributed by atoms with Gasteiger partial charge in [0.25, 0.3) is 0 Å². The quantitative estimate of drug-likeness (QED) is 0.635. The number of aliphatic imine (C=N–C) groups is 1. The number of morpholine rings is 1. The van der Waals surface area contributed by atoms with Crippen LogP contribution in [0.3, 0.4) is 0 Å². The molecule has 0 spiro atoms. The standard InChI is InChI=1S/C21H30FN3O2/c1-2-23-20(25-11-13-27-19(14-25)18-8-5-12-26-18)24-15-21(9-10-21)16-6-3-4-7-17(16)22/h3-4,6-7,18-19H,2,5,8-15H2,1H3,(H,23,24). The predicted molar refractivity (Wildman–Crippen MR) is 104 cm³/mol. The Balaban J connectivity index is 1.46. The lowest BCUT2D eigenvalue weighted by Gasteiger charge is -2.37. The summed E-state index contributed by atoms with van der Waals surface area (Å²) >= 11 is 0. The van der Waals surface area contributed by atoms with Crippen LogP contribution in [0.1, 0.15) is 38.2 Å². The Labute approximate surface area is 160 Å². The van der Waals surface area contributed by atoms with Crippen LogP contribution in [0.5, 0.6) is 0 Å². The zero-order chi connectivity index (χ0) is 18.7. The van der Waals surface area contributed by atoms with Crippen LogP contribution in [0, 0.1) is 5.82 Å². The van der Waals surface area contributed by atoms with Crippen molar-refractivity contribution in [1.82, 2.24) is 10.2 Å². The molecule has 1 aliphatic carbocycles. The summed E-state index contributed by atoms with van der Waals surface area (Å²) in [4.78, 5) is 7.19. The van der Waals surface area contributed by atoms with Gasteiger partial charge in [-0.3, -0.25) is 4.99 Å². The van der Waals surface area contributed by atoms with Crippen LogP contribution < -0.4 is 5.32 Å². The summed E-state index contributed by atoms with van der Waals surface area (Å²) in [7, 11) is 0. The molecule has 2 atom stereocenters. The third-order valence-electron chi connectivity index (χ3n) is 5.94. The smallest absolute Gasteiger partial charge is 0.194 e. The highest BCUT2D eigenvalue weighted by atomic mass is 19.1. The highest BCUT2D eigenvalue weighted by molar-refractivity contribution is 5.80. The van der Waals surface area contributed by atoms with Crippen molar-refractivity contribution in [1.29, 1.82) is 0 Å². The zero-order valence-corrected chi connectivity index (χ0v) is 16.1. The average Bonchev–Trinajstić information content (AvgIpc) is 3.27. The van der Waals surface area contributed by atoms with Gasteiger partial charge < -0.3 is 19.7 Å². The van der Waals surface area contributed by atoms with Gasteiger partial charge in [-0.2, -0.15) is 0 Å². The van der Waals surface area contributed by atoms with Crippen molar-refractivity contribution >= 4 is 5.96 Å². The lowest BCUT2D eigenvalue weighted by Crippen LogP contribution is -2.53. The van der Waals surface area contributed by atoms with Crippen LogP contribution in [0.25, 0.3) is 0 Å². The van der Waals surface area contributed by atoms with Crippen molar-refractivity contribution in [3.63, 3.8) is 0 Å². The largest absolute Gasteiger partial charge is 0.375 e. The summed E-state index contributed by atoms with van der Waals surface area (Å²) in [5.74, 6) is 0.798. The summed E-state index contributed by atoms with van der Waals surface area (Å²) in [6, 6.07) is 7.13. The van der Waals surface area contributed by atoms with E-state index in [4.69, 9.17) is 14.5 Å². The van der Waals surface area contributed by atoms with E-state index in [0.29, 0.717) is 13.2 Å². The third-order valence-corrected chi connectivity index (χ3v) is 5.94. The van der Waals surface area contributed by atoms with Crippen molar-refractivity contribution in [2.24, 2.45) is 4.99 Å². The Hall–Kier alpha value is -1.66. The Bertz CT molecular complexity index is 671. The van der Waals surface area contributed by atoms with E-state index in [1.807, 2.05) is 12.1 Å². The maximum atomic E-state index is 14.3. The molecule has 0 amide bonds. The molecule has 27 heavy (non-hydrogen) atoms. The first-order chi connectivity index (χ1) is 13.2. The van der Waals surface area contributed by atoms with Crippen LogP contribution in [-0.2, 0) is 14.9 Å². The number of benzene rings is 1. The summed E-state index contributed by atoms with van der Waals surface area (Å²) in [5, 5.41) is 3.42. The highest BCUT2D eigenvalue weighted by Crippen LogP contribution is 2.49. The highest BCUT2D eigenvalue weighted by Gasteiger charge is 2.46. The first-order valence-corrected chi connectivity index (χ1v) is 10.2. The zero-order valence-electron chi connectivity index (χ0n) is 16.1. The predicted octanol–water partition coefficient (Wildman–Crippen LogP) is 2.70. The fraction of sp³-hybridized carbons (Fsp3) is 0.667. The summed E-state index contributed by atoms with van der Waals surface area (Å²) < 4.78 is 26.1. The minimum atomic E-state index is -0.133. The Morgan fingerprint density at radius 3 is 2.78 bits per heavy atom. The number of guanidine groups is 1. The summed E-state index contributed by atoms with van der Waals surface area (Å²) in [5.41, 5.74) is 0.676. The molecule has 1 saturated carbocycles. The number of nitrogens with zero attached hydrogens (tertiary/aromatic N) is 2. The molecule has 3 aliphatic rings. The lowest BCUT2D eigenvalue weighted by molar-refractivity contribution is -0.0817. The van der Waals surface area contributed by atoms with Crippen molar-refractivity contribution < 1.29 is 13.9 Å². The average molecular weight is 375 g/mol. The number of nitrogens with one attached hydrogen (secondary N) is 1. The number of ether oxygens (including phenoxy) is 2. The molecular weight excluding hydrogens is 345 g/mol. The molecule has 0 bridgehead atoms. The second-order valence-corrected chi connectivity index (χ2v) is 7.84. The minimum Gasteiger partial charge on any atom is -0.375 e. The van der Waals surface area contributed by atoms with Crippen molar-refractivity contribution in [2.75, 3.05) is 39.4 Å². The van der Waals surface area contributed by atoms with Gasteiger partial charge in [-0.05, 0) is 44.2 Å². The molecule has 1 N–H and O–H groups in total. The van der Waals surface area contributed by atoms with E-state index in [0.717, 1.165) is 63.4 Å². The van der Waals surface area contributed by atoms with Crippen molar-refractivity contribution in [3.8, 4) is 0 Å². The van der Waals surface area contributed by atoms with Gasteiger partial charge in [-0.15, -0.1) is 0 Å². The molecule has 2 saturated heterocycles. The van der Waals surface area contributed by atoms with E-state index in [2.05, 4.69) is 17.1 Å². The molecule has 5 nitrogen and oxygen atoms in total. The van der Waals surface area contributed by atoms with Gasteiger partial charge in [0, 0.05) is 31.7 Å². The van der Waals surface area contributed by atoms with Crippen LogP contribution >= 0.6 is 0 Å². The maximum absolute atomic E-state index is 14.3. The molecule has 2 aliphatic heterocycles. The van der Waals surface area contributed by atoms with Gasteiger partial charge in [0.1, 0.15) is 11.9 Å². The number of rotatable bonds is 5. The first kappa shape index (κ1) is 18.7. The van der Waals surface area contributed by atoms with Gasteiger partial charge in [-0.1, -0.05) is 18.2 Å². The van der Waals surface area contributed by atoms with Gasteiger partial charge in [0.15, 0.2) is 5.96 Å². The molecule has 2 unspecified atom stereocenters. The topological polar surface area (TPSA) is 46.1 Å². The van der Waals surface area contributed by atoms with E-state index in [1.165, 1.54) is 0 Å². The van der Waals surface area contributed by atoms with E-state index in [1.54, 1.807) is 12.1 Å². The third kappa shape index (κ3) is 4.11. The minimum absolute atomic E-state index is 0.103. The second-order valence-electron chi connectivity index (χ2n) is 7.84. The van der Waals surface area contributed by atoms with Gasteiger partial charge >= 0.3 is 0 Å². The fourth-order valence-electron chi connectivity index (χ4n) is 4.20. The van der Waals surface area contributed by atoms with E-state index < -0.39 is 0 Å². The fourth-order valence-corrected chi connectivity index (χ4v) is 4.20.